The maximum Gasteiger partial charge on any atom is 0.229 e. The predicted octanol–water partition coefficient (Wildman–Crippen LogP) is 2.91. The zero-order chi connectivity index (χ0) is 20.6. The Labute approximate surface area is 177 Å². The lowest BCUT2D eigenvalue weighted by molar-refractivity contribution is -0.173. The van der Waals surface area contributed by atoms with Crippen molar-refractivity contribution in [1.29, 1.82) is 0 Å². The van der Waals surface area contributed by atoms with Crippen LogP contribution < -0.4 is 15.5 Å². The number of aliphatic hydroxyl groups is 1. The van der Waals surface area contributed by atoms with E-state index in [1.54, 1.807) is 0 Å². The van der Waals surface area contributed by atoms with Crippen molar-refractivity contribution in [2.24, 2.45) is 0 Å². The van der Waals surface area contributed by atoms with Crippen LogP contribution in [0.4, 0.5) is 17.6 Å². The van der Waals surface area contributed by atoms with Crippen LogP contribution in [0.1, 0.15) is 50.2 Å². The third kappa shape index (κ3) is 3.96. The fraction of sp³-hybridized carbons (Fsp3) is 0.565. The summed E-state index contributed by atoms with van der Waals surface area (Å²) in [6.07, 6.45) is 5.10. The molecule has 3 fully saturated rings. The van der Waals surface area contributed by atoms with Crippen LogP contribution in [0.25, 0.3) is 0 Å². The minimum absolute atomic E-state index is 0.0436. The van der Waals surface area contributed by atoms with Gasteiger partial charge in [-0.15, -0.1) is 0 Å². The molecule has 3 saturated heterocycles. The summed E-state index contributed by atoms with van der Waals surface area (Å²) in [4.78, 5) is 13.8. The SMILES string of the molecule is Nc1cc(N2CCC3(CC2)C[C@H](O)C[C@H](c2ccccc2)O3)nc(N2CCCC2)n1. The van der Waals surface area contributed by atoms with Gasteiger partial charge in [0.1, 0.15) is 11.6 Å². The molecule has 0 amide bonds. The molecule has 1 aromatic heterocycles. The van der Waals surface area contributed by atoms with Gasteiger partial charge in [-0.05, 0) is 31.2 Å². The Kier molecular flexibility index (Phi) is 5.25. The summed E-state index contributed by atoms with van der Waals surface area (Å²) < 4.78 is 6.63. The number of nitrogens with two attached hydrogens (primary N) is 1. The molecule has 5 rings (SSSR count). The van der Waals surface area contributed by atoms with Crippen LogP contribution in [0.2, 0.25) is 0 Å². The van der Waals surface area contributed by atoms with E-state index in [-0.39, 0.29) is 17.8 Å². The number of hydrogen-bond donors (Lipinski definition) is 2. The average Bonchev–Trinajstić information content (AvgIpc) is 3.29. The molecule has 7 heteroatoms. The van der Waals surface area contributed by atoms with Gasteiger partial charge in [0.05, 0.1) is 17.8 Å². The van der Waals surface area contributed by atoms with E-state index in [2.05, 4.69) is 26.9 Å². The normalized spacial score (nSPS) is 26.3. The molecule has 3 N–H and O–H groups in total. The first-order valence-electron chi connectivity index (χ1n) is 11.2. The van der Waals surface area contributed by atoms with Gasteiger partial charge in [-0.25, -0.2) is 0 Å². The van der Waals surface area contributed by atoms with E-state index < -0.39 is 0 Å². The molecule has 1 aromatic carbocycles. The van der Waals surface area contributed by atoms with Crippen molar-refractivity contribution in [1.82, 2.24) is 9.97 Å². The van der Waals surface area contributed by atoms with Gasteiger partial charge < -0.3 is 25.4 Å². The minimum Gasteiger partial charge on any atom is -0.393 e. The number of benzene rings is 1. The fourth-order valence-corrected chi connectivity index (χ4v) is 5.16. The second kappa shape index (κ2) is 8.04. The second-order valence-corrected chi connectivity index (χ2v) is 8.93. The first-order valence-corrected chi connectivity index (χ1v) is 11.2. The Bertz CT molecular complexity index is 863. The van der Waals surface area contributed by atoms with Gasteiger partial charge in [0.15, 0.2) is 0 Å². The Morgan fingerprint density at radius 2 is 1.73 bits per heavy atom. The monoisotopic (exact) mass is 409 g/mol. The van der Waals surface area contributed by atoms with Crippen molar-refractivity contribution in [3.05, 3.63) is 42.0 Å². The van der Waals surface area contributed by atoms with Crippen LogP contribution >= 0.6 is 0 Å². The Morgan fingerprint density at radius 3 is 2.47 bits per heavy atom. The van der Waals surface area contributed by atoms with Crippen LogP contribution in [0.5, 0.6) is 0 Å². The first-order chi connectivity index (χ1) is 14.6. The molecule has 2 atom stereocenters. The van der Waals surface area contributed by atoms with Gasteiger partial charge in [0.25, 0.3) is 0 Å². The third-order valence-corrected chi connectivity index (χ3v) is 6.77. The summed E-state index contributed by atoms with van der Waals surface area (Å²) in [5.74, 6) is 2.17. The van der Waals surface area contributed by atoms with Gasteiger partial charge >= 0.3 is 0 Å². The zero-order valence-corrected chi connectivity index (χ0v) is 17.4. The number of aromatic nitrogens is 2. The van der Waals surface area contributed by atoms with E-state index in [0.29, 0.717) is 18.7 Å². The van der Waals surface area contributed by atoms with Crippen LogP contribution in [0, 0.1) is 0 Å². The molecule has 1 spiro atoms. The van der Waals surface area contributed by atoms with Crippen LogP contribution in [-0.4, -0.2) is 53.0 Å². The quantitative estimate of drug-likeness (QED) is 0.806. The predicted molar refractivity (Wildman–Crippen MR) is 118 cm³/mol. The molecule has 3 aliphatic rings. The molecule has 30 heavy (non-hydrogen) atoms. The summed E-state index contributed by atoms with van der Waals surface area (Å²) in [6, 6.07) is 12.1. The molecule has 2 aromatic rings. The molecule has 7 nitrogen and oxygen atoms in total. The maximum atomic E-state index is 10.6. The number of nitrogen functional groups attached to an aromatic ring is 1. The summed E-state index contributed by atoms with van der Waals surface area (Å²) in [5.41, 5.74) is 6.99. The van der Waals surface area contributed by atoms with Crippen molar-refractivity contribution in [3.63, 3.8) is 0 Å². The lowest BCUT2D eigenvalue weighted by Crippen LogP contribution is -2.51. The van der Waals surface area contributed by atoms with Gasteiger partial charge in [0.2, 0.25) is 5.95 Å². The average molecular weight is 410 g/mol. The van der Waals surface area contributed by atoms with E-state index >= 15 is 0 Å². The number of hydrogen-bond acceptors (Lipinski definition) is 7. The van der Waals surface area contributed by atoms with E-state index in [1.165, 1.54) is 12.8 Å². The topological polar surface area (TPSA) is 87.7 Å². The number of aliphatic hydroxyl groups excluding tert-OH is 1. The molecule has 0 saturated carbocycles. The van der Waals surface area contributed by atoms with Crippen molar-refractivity contribution in [2.75, 3.05) is 41.7 Å². The van der Waals surface area contributed by atoms with E-state index in [1.807, 2.05) is 24.3 Å². The zero-order valence-electron chi connectivity index (χ0n) is 17.4. The van der Waals surface area contributed by atoms with Crippen molar-refractivity contribution >= 4 is 17.6 Å². The smallest absolute Gasteiger partial charge is 0.229 e. The molecule has 0 radical (unpaired) electrons. The third-order valence-electron chi connectivity index (χ3n) is 6.77. The molecule has 160 valence electrons. The van der Waals surface area contributed by atoms with E-state index in [0.717, 1.165) is 56.4 Å². The Morgan fingerprint density at radius 1 is 1.00 bits per heavy atom. The molecular formula is C23H31N5O2. The summed E-state index contributed by atoms with van der Waals surface area (Å²) in [5, 5.41) is 10.6. The highest BCUT2D eigenvalue weighted by Gasteiger charge is 2.44. The highest BCUT2D eigenvalue weighted by Crippen LogP contribution is 2.43. The number of anilines is 3. The van der Waals surface area contributed by atoms with Crippen LogP contribution in [0.3, 0.4) is 0 Å². The molecule has 0 aliphatic carbocycles. The number of piperidine rings is 1. The van der Waals surface area contributed by atoms with Crippen LogP contribution in [-0.2, 0) is 4.74 Å². The van der Waals surface area contributed by atoms with Crippen molar-refractivity contribution < 1.29 is 9.84 Å². The van der Waals surface area contributed by atoms with Crippen LogP contribution in [0.15, 0.2) is 36.4 Å². The molecule has 3 aliphatic heterocycles. The molecule has 0 unspecified atom stereocenters. The maximum absolute atomic E-state index is 10.6. The lowest BCUT2D eigenvalue weighted by atomic mass is 9.81. The standard InChI is InChI=1S/C23H31N5O2/c24-20-15-21(26-22(25-20)28-10-4-5-11-28)27-12-8-23(9-13-27)16-18(29)14-19(30-23)17-6-2-1-3-7-17/h1-3,6-7,15,18-19,29H,4-5,8-14,16H2,(H2,24,25,26)/t18-,19-/m1/s1. The molecule has 0 bridgehead atoms. The molecule has 4 heterocycles. The Balaban J connectivity index is 1.30. The van der Waals surface area contributed by atoms with Gasteiger partial charge in [-0.1, -0.05) is 30.3 Å². The summed E-state index contributed by atoms with van der Waals surface area (Å²) in [6.45, 7) is 3.67. The van der Waals surface area contributed by atoms with Gasteiger partial charge in [-0.3, -0.25) is 0 Å². The largest absolute Gasteiger partial charge is 0.393 e. The second-order valence-electron chi connectivity index (χ2n) is 8.93. The number of ether oxygens (including phenoxy) is 1. The highest BCUT2D eigenvalue weighted by atomic mass is 16.5. The van der Waals surface area contributed by atoms with Gasteiger partial charge in [0, 0.05) is 45.1 Å². The summed E-state index contributed by atoms with van der Waals surface area (Å²) >= 11 is 0. The summed E-state index contributed by atoms with van der Waals surface area (Å²) in [7, 11) is 0. The Hall–Kier alpha value is -2.38. The van der Waals surface area contributed by atoms with Crippen molar-refractivity contribution in [2.45, 2.75) is 56.3 Å². The van der Waals surface area contributed by atoms with Crippen molar-refractivity contribution in [3.8, 4) is 0 Å². The lowest BCUT2D eigenvalue weighted by Gasteiger charge is -2.48. The highest BCUT2D eigenvalue weighted by molar-refractivity contribution is 5.53. The van der Waals surface area contributed by atoms with Gasteiger partial charge in [-0.2, -0.15) is 9.97 Å². The first kappa shape index (κ1) is 19.6. The number of nitrogens with zero attached hydrogens (tertiary/aromatic N) is 4. The van der Waals surface area contributed by atoms with E-state index in [4.69, 9.17) is 15.5 Å². The van der Waals surface area contributed by atoms with E-state index in [9.17, 15) is 5.11 Å². The minimum atomic E-state index is -0.327. The number of rotatable bonds is 3. The molecular weight excluding hydrogens is 378 g/mol. The fourth-order valence-electron chi connectivity index (χ4n) is 5.16.